The first-order valence-electron chi connectivity index (χ1n) is 6.08. The number of ether oxygens (including phenoxy) is 2. The van der Waals surface area contributed by atoms with Crippen LogP contribution in [0.2, 0.25) is 0 Å². The van der Waals surface area contributed by atoms with E-state index in [2.05, 4.69) is 26.9 Å². The van der Waals surface area contributed by atoms with Gasteiger partial charge >= 0.3 is 0 Å². The van der Waals surface area contributed by atoms with Gasteiger partial charge in [0, 0.05) is 32.6 Å². The van der Waals surface area contributed by atoms with E-state index in [1.807, 2.05) is 18.2 Å². The first-order chi connectivity index (χ1) is 9.26. The molecule has 1 aromatic rings. The summed E-state index contributed by atoms with van der Waals surface area (Å²) in [6.07, 6.45) is 0. The third-order valence-electron chi connectivity index (χ3n) is 2.81. The van der Waals surface area contributed by atoms with Crippen LogP contribution in [0.1, 0.15) is 11.1 Å². The highest BCUT2D eigenvalue weighted by molar-refractivity contribution is 9.08. The van der Waals surface area contributed by atoms with Crippen LogP contribution in [0.25, 0.3) is 0 Å². The van der Waals surface area contributed by atoms with Gasteiger partial charge < -0.3 is 14.4 Å². The molecule has 104 valence electrons. The van der Waals surface area contributed by atoms with E-state index in [1.165, 1.54) is 0 Å². The first kappa shape index (κ1) is 16.0. The lowest BCUT2D eigenvalue weighted by Crippen LogP contribution is -2.31. The molecule has 0 amide bonds. The Bertz CT molecular complexity index is 424. The van der Waals surface area contributed by atoms with Crippen LogP contribution in [0.5, 0.6) is 0 Å². The van der Waals surface area contributed by atoms with Crippen molar-refractivity contribution in [3.05, 3.63) is 29.3 Å². The first-order valence-corrected chi connectivity index (χ1v) is 7.20. The minimum absolute atomic E-state index is 0.620. The molecule has 0 saturated heterocycles. The summed E-state index contributed by atoms with van der Waals surface area (Å²) < 4.78 is 10.2. The summed E-state index contributed by atoms with van der Waals surface area (Å²) in [5.74, 6) is 0. The maximum Gasteiger partial charge on any atom is 0.101 e. The van der Waals surface area contributed by atoms with Crippen molar-refractivity contribution in [3.63, 3.8) is 0 Å². The van der Waals surface area contributed by atoms with Crippen molar-refractivity contribution in [1.82, 2.24) is 0 Å². The second-order valence-corrected chi connectivity index (χ2v) is 4.63. The van der Waals surface area contributed by atoms with Crippen molar-refractivity contribution in [1.29, 1.82) is 5.26 Å². The SMILES string of the molecule is COCCN(CCOC)c1ccc(CBr)cc1C#N. The quantitative estimate of drug-likeness (QED) is 0.689. The average Bonchev–Trinajstić information content (AvgIpc) is 2.47. The van der Waals surface area contributed by atoms with Crippen molar-refractivity contribution in [3.8, 4) is 6.07 Å². The zero-order valence-corrected chi connectivity index (χ0v) is 12.9. The Morgan fingerprint density at radius 3 is 2.32 bits per heavy atom. The molecule has 19 heavy (non-hydrogen) atoms. The Morgan fingerprint density at radius 2 is 1.84 bits per heavy atom. The molecule has 0 atom stereocenters. The van der Waals surface area contributed by atoms with Gasteiger partial charge in [0.1, 0.15) is 6.07 Å². The number of nitriles is 1. The van der Waals surface area contributed by atoms with Crippen LogP contribution in [-0.2, 0) is 14.8 Å². The Labute approximate surface area is 123 Å². The third kappa shape index (κ3) is 4.83. The summed E-state index contributed by atoms with van der Waals surface area (Å²) in [4.78, 5) is 2.11. The standard InChI is InChI=1S/C14H19BrN2O2/c1-18-7-5-17(6-8-19-2)14-4-3-12(10-15)9-13(14)11-16/h3-4,9H,5-8,10H2,1-2H3. The van der Waals surface area contributed by atoms with E-state index in [0.717, 1.165) is 29.7 Å². The van der Waals surface area contributed by atoms with Crippen molar-refractivity contribution in [2.24, 2.45) is 0 Å². The summed E-state index contributed by atoms with van der Waals surface area (Å²) in [5, 5.41) is 10.0. The van der Waals surface area contributed by atoms with E-state index in [9.17, 15) is 5.26 Å². The van der Waals surface area contributed by atoms with E-state index in [-0.39, 0.29) is 0 Å². The number of halogens is 1. The molecular weight excluding hydrogens is 308 g/mol. The van der Waals surface area contributed by atoms with E-state index in [4.69, 9.17) is 9.47 Å². The van der Waals surface area contributed by atoms with Gasteiger partial charge in [-0.2, -0.15) is 5.26 Å². The lowest BCUT2D eigenvalue weighted by molar-refractivity contribution is 0.190. The lowest BCUT2D eigenvalue weighted by Gasteiger charge is -2.25. The van der Waals surface area contributed by atoms with Crippen molar-refractivity contribution in [2.45, 2.75) is 5.33 Å². The Morgan fingerprint density at radius 1 is 1.21 bits per heavy atom. The molecule has 1 rings (SSSR count). The van der Waals surface area contributed by atoms with Crippen LogP contribution in [0, 0.1) is 11.3 Å². The Balaban J connectivity index is 2.96. The maximum atomic E-state index is 9.28. The number of nitrogens with zero attached hydrogens (tertiary/aromatic N) is 2. The van der Waals surface area contributed by atoms with Crippen molar-refractivity contribution in [2.75, 3.05) is 45.4 Å². The predicted octanol–water partition coefficient (Wildman–Crippen LogP) is 2.55. The van der Waals surface area contributed by atoms with Gasteiger partial charge in [-0.25, -0.2) is 0 Å². The zero-order valence-electron chi connectivity index (χ0n) is 11.4. The Hall–Kier alpha value is -1.09. The second-order valence-electron chi connectivity index (χ2n) is 4.07. The van der Waals surface area contributed by atoms with E-state index < -0.39 is 0 Å². The van der Waals surface area contributed by atoms with Gasteiger partial charge in [0.25, 0.3) is 0 Å². The average molecular weight is 327 g/mol. The normalized spacial score (nSPS) is 10.2. The molecule has 5 heteroatoms. The van der Waals surface area contributed by atoms with E-state index >= 15 is 0 Å². The molecule has 0 fully saturated rings. The molecule has 0 aromatic heterocycles. The number of hydrogen-bond acceptors (Lipinski definition) is 4. The van der Waals surface area contributed by atoms with Gasteiger partial charge in [-0.1, -0.05) is 22.0 Å². The molecule has 0 N–H and O–H groups in total. The van der Waals surface area contributed by atoms with Crippen molar-refractivity contribution >= 4 is 21.6 Å². The van der Waals surface area contributed by atoms with Crippen molar-refractivity contribution < 1.29 is 9.47 Å². The number of alkyl halides is 1. The minimum Gasteiger partial charge on any atom is -0.383 e. The smallest absolute Gasteiger partial charge is 0.101 e. The van der Waals surface area contributed by atoms with Crippen LogP contribution in [-0.4, -0.2) is 40.5 Å². The number of benzene rings is 1. The highest BCUT2D eigenvalue weighted by Crippen LogP contribution is 2.22. The van der Waals surface area contributed by atoms with E-state index in [1.54, 1.807) is 14.2 Å². The van der Waals surface area contributed by atoms with Crippen LogP contribution < -0.4 is 4.90 Å². The molecule has 0 aliphatic carbocycles. The molecule has 0 saturated carbocycles. The highest BCUT2D eigenvalue weighted by Gasteiger charge is 2.11. The number of hydrogen-bond donors (Lipinski definition) is 0. The minimum atomic E-state index is 0.620. The largest absolute Gasteiger partial charge is 0.383 e. The van der Waals surface area contributed by atoms with Crippen LogP contribution >= 0.6 is 15.9 Å². The predicted molar refractivity (Wildman–Crippen MR) is 79.8 cm³/mol. The third-order valence-corrected chi connectivity index (χ3v) is 3.45. The molecule has 1 aromatic carbocycles. The summed E-state index contributed by atoms with van der Waals surface area (Å²) in [7, 11) is 3.35. The number of rotatable bonds is 8. The van der Waals surface area contributed by atoms with Crippen LogP contribution in [0.4, 0.5) is 5.69 Å². The fourth-order valence-corrected chi connectivity index (χ4v) is 2.14. The summed E-state index contributed by atoms with van der Waals surface area (Å²) in [6.45, 7) is 2.72. The van der Waals surface area contributed by atoms with Gasteiger partial charge in [-0.05, 0) is 17.7 Å². The lowest BCUT2D eigenvalue weighted by atomic mass is 10.1. The molecule has 0 spiro atoms. The topological polar surface area (TPSA) is 45.5 Å². The van der Waals surface area contributed by atoms with Gasteiger partial charge in [0.05, 0.1) is 24.5 Å². The Kier molecular flexibility index (Phi) is 7.49. The summed E-state index contributed by atoms with van der Waals surface area (Å²) >= 11 is 3.40. The fraction of sp³-hybridized carbons (Fsp3) is 0.500. The molecule has 0 heterocycles. The molecule has 0 unspecified atom stereocenters. The zero-order chi connectivity index (χ0) is 14.1. The molecule has 0 aliphatic heterocycles. The number of anilines is 1. The second kappa shape index (κ2) is 8.92. The molecule has 4 nitrogen and oxygen atoms in total. The van der Waals surface area contributed by atoms with Gasteiger partial charge in [0.15, 0.2) is 0 Å². The van der Waals surface area contributed by atoms with E-state index in [0.29, 0.717) is 18.8 Å². The highest BCUT2D eigenvalue weighted by atomic mass is 79.9. The molecule has 0 bridgehead atoms. The number of methoxy groups -OCH3 is 2. The fourth-order valence-electron chi connectivity index (χ4n) is 1.79. The van der Waals surface area contributed by atoms with Crippen LogP contribution in [0.15, 0.2) is 18.2 Å². The van der Waals surface area contributed by atoms with Crippen LogP contribution in [0.3, 0.4) is 0 Å². The molecule has 0 aliphatic rings. The molecule has 0 radical (unpaired) electrons. The van der Waals surface area contributed by atoms with Gasteiger partial charge in [-0.15, -0.1) is 0 Å². The molecular formula is C14H19BrN2O2. The maximum absolute atomic E-state index is 9.28. The summed E-state index contributed by atoms with van der Waals surface area (Å²) in [5.41, 5.74) is 2.71. The van der Waals surface area contributed by atoms with Gasteiger partial charge in [-0.3, -0.25) is 0 Å². The monoisotopic (exact) mass is 326 g/mol. The van der Waals surface area contributed by atoms with Gasteiger partial charge in [0.2, 0.25) is 0 Å². The summed E-state index contributed by atoms with van der Waals surface area (Å²) in [6, 6.07) is 8.18.